The van der Waals surface area contributed by atoms with Crippen LogP contribution in [0.3, 0.4) is 0 Å². The second-order valence-corrected chi connectivity index (χ2v) is 6.81. The molecule has 0 aliphatic carbocycles. The van der Waals surface area contributed by atoms with Crippen molar-refractivity contribution in [2.24, 2.45) is 5.92 Å². The Balaban J connectivity index is 0.00000243. The first-order valence-electron chi connectivity index (χ1n) is 9.13. The summed E-state index contributed by atoms with van der Waals surface area (Å²) in [5.41, 5.74) is 0.896. The second-order valence-electron chi connectivity index (χ2n) is 6.81. The first-order chi connectivity index (χ1) is 12.2. The van der Waals surface area contributed by atoms with Gasteiger partial charge in [-0.05, 0) is 63.0 Å². The van der Waals surface area contributed by atoms with Crippen LogP contribution in [0, 0.1) is 5.92 Å². The highest BCUT2D eigenvalue weighted by molar-refractivity contribution is 5.95. The summed E-state index contributed by atoms with van der Waals surface area (Å²) in [6.07, 6.45) is 3.63. The molecule has 0 unspecified atom stereocenters. The first-order valence-corrected chi connectivity index (χ1v) is 9.13. The van der Waals surface area contributed by atoms with E-state index in [2.05, 4.69) is 5.32 Å². The van der Waals surface area contributed by atoms with Gasteiger partial charge in [0.1, 0.15) is 5.75 Å². The van der Waals surface area contributed by atoms with Crippen molar-refractivity contribution in [2.75, 3.05) is 44.7 Å². The van der Waals surface area contributed by atoms with Crippen LogP contribution in [-0.2, 0) is 9.59 Å². The van der Waals surface area contributed by atoms with E-state index in [0.717, 1.165) is 51.1 Å². The SMILES string of the molecule is CNCC1CCN(C(=O)COc2ccc(N3CCCC3=O)cc2)CC1.Cl. The van der Waals surface area contributed by atoms with Crippen molar-refractivity contribution >= 4 is 29.9 Å². The van der Waals surface area contributed by atoms with E-state index in [4.69, 9.17) is 4.74 Å². The number of rotatable bonds is 6. The summed E-state index contributed by atoms with van der Waals surface area (Å²) in [4.78, 5) is 27.7. The van der Waals surface area contributed by atoms with Gasteiger partial charge in [0.15, 0.2) is 6.61 Å². The number of likely N-dealkylation sites (tertiary alicyclic amines) is 1. The number of halogens is 1. The van der Waals surface area contributed by atoms with Crippen molar-refractivity contribution in [1.82, 2.24) is 10.2 Å². The van der Waals surface area contributed by atoms with Gasteiger partial charge in [0.25, 0.3) is 5.91 Å². The molecule has 1 N–H and O–H groups in total. The van der Waals surface area contributed by atoms with E-state index in [9.17, 15) is 9.59 Å². The quantitative estimate of drug-likeness (QED) is 0.819. The number of carbonyl (C=O) groups is 2. The van der Waals surface area contributed by atoms with Crippen molar-refractivity contribution in [3.05, 3.63) is 24.3 Å². The van der Waals surface area contributed by atoms with Crippen LogP contribution in [0.15, 0.2) is 24.3 Å². The molecular weight excluding hydrogens is 354 g/mol. The zero-order valence-corrected chi connectivity index (χ0v) is 16.1. The van der Waals surface area contributed by atoms with Gasteiger partial charge in [0.05, 0.1) is 0 Å². The van der Waals surface area contributed by atoms with E-state index in [1.165, 1.54) is 0 Å². The lowest BCUT2D eigenvalue weighted by atomic mass is 9.97. The van der Waals surface area contributed by atoms with E-state index >= 15 is 0 Å². The van der Waals surface area contributed by atoms with Crippen molar-refractivity contribution in [2.45, 2.75) is 25.7 Å². The Morgan fingerprint density at radius 3 is 2.46 bits per heavy atom. The smallest absolute Gasteiger partial charge is 0.260 e. The Bertz CT molecular complexity index is 601. The minimum absolute atomic E-state index is 0. The molecular formula is C19H28ClN3O3. The summed E-state index contributed by atoms with van der Waals surface area (Å²) >= 11 is 0. The number of nitrogens with zero attached hydrogens (tertiary/aromatic N) is 2. The molecule has 0 bridgehead atoms. The molecule has 144 valence electrons. The number of hydrogen-bond acceptors (Lipinski definition) is 4. The van der Waals surface area contributed by atoms with Crippen molar-refractivity contribution in [3.8, 4) is 5.75 Å². The molecule has 2 saturated heterocycles. The average molecular weight is 382 g/mol. The fourth-order valence-electron chi connectivity index (χ4n) is 3.55. The zero-order valence-electron chi connectivity index (χ0n) is 15.3. The first kappa shape index (κ1) is 20.5. The predicted molar refractivity (Wildman–Crippen MR) is 104 cm³/mol. The number of benzene rings is 1. The minimum Gasteiger partial charge on any atom is -0.484 e. The molecule has 2 amide bonds. The molecule has 0 atom stereocenters. The Morgan fingerprint density at radius 1 is 1.19 bits per heavy atom. The maximum Gasteiger partial charge on any atom is 0.260 e. The zero-order chi connectivity index (χ0) is 17.6. The van der Waals surface area contributed by atoms with E-state index in [1.54, 1.807) is 4.90 Å². The highest BCUT2D eigenvalue weighted by Crippen LogP contribution is 2.24. The summed E-state index contributed by atoms with van der Waals surface area (Å²) in [5.74, 6) is 1.54. The van der Waals surface area contributed by atoms with Crippen LogP contribution >= 0.6 is 12.4 Å². The highest BCUT2D eigenvalue weighted by atomic mass is 35.5. The van der Waals surface area contributed by atoms with E-state index in [0.29, 0.717) is 18.1 Å². The van der Waals surface area contributed by atoms with Gasteiger partial charge in [-0.25, -0.2) is 0 Å². The van der Waals surface area contributed by atoms with Crippen LogP contribution in [0.2, 0.25) is 0 Å². The minimum atomic E-state index is 0. The van der Waals surface area contributed by atoms with E-state index < -0.39 is 0 Å². The number of ether oxygens (including phenoxy) is 1. The molecule has 1 aromatic rings. The fraction of sp³-hybridized carbons (Fsp3) is 0.579. The topological polar surface area (TPSA) is 61.9 Å². The van der Waals surface area contributed by atoms with Crippen molar-refractivity contribution in [3.63, 3.8) is 0 Å². The largest absolute Gasteiger partial charge is 0.484 e. The average Bonchev–Trinajstić information content (AvgIpc) is 3.07. The normalized spacial score (nSPS) is 18.0. The van der Waals surface area contributed by atoms with Crippen LogP contribution in [0.5, 0.6) is 5.75 Å². The summed E-state index contributed by atoms with van der Waals surface area (Å²) in [6, 6.07) is 7.42. The highest BCUT2D eigenvalue weighted by Gasteiger charge is 2.23. The molecule has 1 aromatic carbocycles. The molecule has 2 aliphatic rings. The fourth-order valence-corrected chi connectivity index (χ4v) is 3.55. The molecule has 7 heteroatoms. The van der Waals surface area contributed by atoms with E-state index in [-0.39, 0.29) is 30.8 Å². The number of carbonyl (C=O) groups excluding carboxylic acids is 2. The lowest BCUT2D eigenvalue weighted by Gasteiger charge is -2.31. The Labute approximate surface area is 161 Å². The standard InChI is InChI=1S/C19H27N3O3.ClH/c1-20-13-15-8-11-21(12-9-15)19(24)14-25-17-6-4-16(5-7-17)22-10-2-3-18(22)23;/h4-7,15,20H,2-3,8-14H2,1H3;1H. The third-order valence-corrected chi connectivity index (χ3v) is 5.04. The molecule has 2 aliphatic heterocycles. The monoisotopic (exact) mass is 381 g/mol. The lowest BCUT2D eigenvalue weighted by Crippen LogP contribution is -2.42. The number of amides is 2. The summed E-state index contributed by atoms with van der Waals surface area (Å²) in [7, 11) is 1.97. The maximum atomic E-state index is 12.3. The van der Waals surface area contributed by atoms with Crippen LogP contribution in [0.25, 0.3) is 0 Å². The van der Waals surface area contributed by atoms with Gasteiger partial charge in [-0.15, -0.1) is 12.4 Å². The van der Waals surface area contributed by atoms with Crippen LogP contribution in [0.4, 0.5) is 5.69 Å². The second kappa shape index (κ2) is 9.78. The van der Waals surface area contributed by atoms with Gasteiger partial charge in [-0.1, -0.05) is 0 Å². The van der Waals surface area contributed by atoms with Gasteiger partial charge in [0.2, 0.25) is 5.91 Å². The molecule has 3 rings (SSSR count). The Kier molecular flexibility index (Phi) is 7.72. The molecule has 0 radical (unpaired) electrons. The van der Waals surface area contributed by atoms with Gasteiger partial charge in [0, 0.05) is 31.7 Å². The van der Waals surface area contributed by atoms with Crippen molar-refractivity contribution < 1.29 is 14.3 Å². The predicted octanol–water partition coefficient (Wildman–Crippen LogP) is 2.07. The van der Waals surface area contributed by atoms with Gasteiger partial charge in [-0.2, -0.15) is 0 Å². The third-order valence-electron chi connectivity index (χ3n) is 5.04. The number of hydrogen-bond donors (Lipinski definition) is 1. The molecule has 2 fully saturated rings. The maximum absolute atomic E-state index is 12.3. The molecule has 0 aromatic heterocycles. The number of nitrogens with one attached hydrogen (secondary N) is 1. The summed E-state index contributed by atoms with van der Waals surface area (Å²) in [6.45, 7) is 3.49. The number of piperidine rings is 1. The summed E-state index contributed by atoms with van der Waals surface area (Å²) in [5, 5.41) is 3.20. The lowest BCUT2D eigenvalue weighted by molar-refractivity contribution is -0.134. The van der Waals surface area contributed by atoms with Gasteiger partial charge in [-0.3, -0.25) is 9.59 Å². The van der Waals surface area contributed by atoms with Crippen LogP contribution in [0.1, 0.15) is 25.7 Å². The van der Waals surface area contributed by atoms with Crippen LogP contribution in [-0.4, -0.2) is 56.5 Å². The molecule has 0 saturated carbocycles. The Hall–Kier alpha value is -1.79. The molecule has 6 nitrogen and oxygen atoms in total. The molecule has 26 heavy (non-hydrogen) atoms. The molecule has 0 spiro atoms. The number of anilines is 1. The summed E-state index contributed by atoms with van der Waals surface area (Å²) < 4.78 is 5.63. The Morgan fingerprint density at radius 2 is 1.88 bits per heavy atom. The van der Waals surface area contributed by atoms with Gasteiger partial charge >= 0.3 is 0 Å². The van der Waals surface area contributed by atoms with Crippen molar-refractivity contribution in [1.29, 1.82) is 0 Å². The van der Waals surface area contributed by atoms with Gasteiger partial charge < -0.3 is 19.9 Å². The third kappa shape index (κ3) is 5.11. The van der Waals surface area contributed by atoms with E-state index in [1.807, 2.05) is 36.2 Å². The molecule has 2 heterocycles. The van der Waals surface area contributed by atoms with Crippen LogP contribution < -0.4 is 15.0 Å².